The van der Waals surface area contributed by atoms with Gasteiger partial charge in [-0.15, -0.1) is 4.48 Å². The molecule has 2 atom stereocenters. The van der Waals surface area contributed by atoms with Crippen molar-refractivity contribution >= 4 is 5.69 Å². The zero-order chi connectivity index (χ0) is 14.2. The van der Waals surface area contributed by atoms with Gasteiger partial charge in [-0.1, -0.05) is 12.1 Å². The van der Waals surface area contributed by atoms with Gasteiger partial charge in [0.25, 0.3) is 0 Å². The van der Waals surface area contributed by atoms with E-state index in [9.17, 15) is 4.48 Å². The molecule has 1 aliphatic heterocycles. The van der Waals surface area contributed by atoms with E-state index >= 15 is 0 Å². The first kappa shape index (κ1) is 15.2. The molecule has 1 saturated heterocycles. The fraction of sp³-hybridized carbons (Fsp3) is 0.571. The standard InChI is InChI=1S/C14H22FN3O2/c1-11-8-16-9-14(20-11)12-2-4-13(5-3-12)17-10-19-7-6-18-15/h2-5,11,14,16-18H,6-10H2,1H3/t11-,14-/m1/s1. The van der Waals surface area contributed by atoms with Gasteiger partial charge in [0.1, 0.15) is 6.73 Å². The van der Waals surface area contributed by atoms with Gasteiger partial charge in [-0.25, -0.2) is 0 Å². The third-order valence-electron chi connectivity index (χ3n) is 3.16. The van der Waals surface area contributed by atoms with Gasteiger partial charge in [0.05, 0.1) is 18.8 Å². The number of ether oxygens (including phenoxy) is 2. The van der Waals surface area contributed by atoms with Gasteiger partial charge in [-0.05, 0) is 24.6 Å². The zero-order valence-corrected chi connectivity index (χ0v) is 11.7. The number of benzene rings is 1. The Kier molecular flexibility index (Phi) is 6.20. The second-order valence-electron chi connectivity index (χ2n) is 4.83. The van der Waals surface area contributed by atoms with Crippen LogP contribution in [0, 0.1) is 0 Å². The molecule has 1 aliphatic rings. The minimum atomic E-state index is 0.111. The second-order valence-corrected chi connectivity index (χ2v) is 4.83. The van der Waals surface area contributed by atoms with Crippen LogP contribution in [0.2, 0.25) is 0 Å². The summed E-state index contributed by atoms with van der Waals surface area (Å²) in [5.74, 6) is 0. The molecule has 1 heterocycles. The first-order chi connectivity index (χ1) is 9.79. The molecule has 112 valence electrons. The molecule has 3 N–H and O–H groups in total. The number of hydrogen-bond donors (Lipinski definition) is 3. The Hall–Kier alpha value is -1.21. The summed E-state index contributed by atoms with van der Waals surface area (Å²) in [6.45, 7) is 4.71. The predicted octanol–water partition coefficient (Wildman–Crippen LogP) is 1.60. The molecule has 5 nitrogen and oxygen atoms in total. The molecule has 0 bridgehead atoms. The lowest BCUT2D eigenvalue weighted by Gasteiger charge is -2.29. The molecule has 6 heteroatoms. The van der Waals surface area contributed by atoms with Crippen molar-refractivity contribution in [3.8, 4) is 0 Å². The molecule has 0 radical (unpaired) electrons. The molecule has 1 aromatic rings. The van der Waals surface area contributed by atoms with E-state index in [-0.39, 0.29) is 18.8 Å². The molecular weight excluding hydrogens is 261 g/mol. The van der Waals surface area contributed by atoms with Gasteiger partial charge < -0.3 is 20.1 Å². The lowest BCUT2D eigenvalue weighted by atomic mass is 10.1. The van der Waals surface area contributed by atoms with Crippen molar-refractivity contribution < 1.29 is 14.0 Å². The molecule has 20 heavy (non-hydrogen) atoms. The van der Waals surface area contributed by atoms with Gasteiger partial charge in [0, 0.05) is 25.3 Å². The number of anilines is 1. The van der Waals surface area contributed by atoms with Gasteiger partial charge in [0.15, 0.2) is 0 Å². The molecule has 1 fully saturated rings. The van der Waals surface area contributed by atoms with E-state index in [2.05, 4.69) is 29.7 Å². The van der Waals surface area contributed by atoms with Crippen molar-refractivity contribution in [2.45, 2.75) is 19.1 Å². The third kappa shape index (κ3) is 4.72. The van der Waals surface area contributed by atoms with Crippen LogP contribution in [-0.4, -0.2) is 39.1 Å². The van der Waals surface area contributed by atoms with Crippen molar-refractivity contribution in [2.75, 3.05) is 38.3 Å². The smallest absolute Gasteiger partial charge is 0.116 e. The number of halogens is 1. The summed E-state index contributed by atoms with van der Waals surface area (Å²) in [7, 11) is 0. The Bertz CT molecular complexity index is 389. The Morgan fingerprint density at radius 1 is 1.35 bits per heavy atom. The molecule has 0 aliphatic carbocycles. The van der Waals surface area contributed by atoms with Crippen LogP contribution in [0.25, 0.3) is 0 Å². The minimum Gasteiger partial charge on any atom is -0.368 e. The number of morpholine rings is 1. The molecule has 0 aromatic heterocycles. The van der Waals surface area contributed by atoms with Crippen molar-refractivity contribution in [1.29, 1.82) is 0 Å². The molecule has 0 amide bonds. The average Bonchev–Trinajstić information content (AvgIpc) is 2.48. The van der Waals surface area contributed by atoms with Crippen LogP contribution in [0.15, 0.2) is 24.3 Å². The third-order valence-corrected chi connectivity index (χ3v) is 3.16. The van der Waals surface area contributed by atoms with Crippen LogP contribution < -0.4 is 16.2 Å². The highest BCUT2D eigenvalue weighted by atomic mass is 19.2. The normalized spacial score (nSPS) is 22.7. The Balaban J connectivity index is 1.77. The maximum atomic E-state index is 11.6. The first-order valence-electron chi connectivity index (χ1n) is 6.91. The van der Waals surface area contributed by atoms with Crippen molar-refractivity contribution in [3.05, 3.63) is 29.8 Å². The van der Waals surface area contributed by atoms with Gasteiger partial charge in [0.2, 0.25) is 0 Å². The van der Waals surface area contributed by atoms with E-state index in [1.807, 2.05) is 12.1 Å². The molecule has 0 spiro atoms. The summed E-state index contributed by atoms with van der Waals surface area (Å²) >= 11 is 0. The summed E-state index contributed by atoms with van der Waals surface area (Å²) in [5.41, 5.74) is 3.68. The van der Waals surface area contributed by atoms with Crippen LogP contribution in [0.1, 0.15) is 18.6 Å². The molecular formula is C14H22FN3O2. The van der Waals surface area contributed by atoms with Crippen molar-refractivity contribution in [2.24, 2.45) is 0 Å². The fourth-order valence-electron chi connectivity index (χ4n) is 2.12. The lowest BCUT2D eigenvalue weighted by Crippen LogP contribution is -2.38. The topological polar surface area (TPSA) is 54.5 Å². The van der Waals surface area contributed by atoms with Crippen molar-refractivity contribution in [1.82, 2.24) is 10.9 Å². The van der Waals surface area contributed by atoms with Crippen LogP contribution >= 0.6 is 0 Å². The summed E-state index contributed by atoms with van der Waals surface area (Å²) in [5, 5.41) is 6.47. The van der Waals surface area contributed by atoms with Crippen LogP contribution in [-0.2, 0) is 9.47 Å². The van der Waals surface area contributed by atoms with E-state index in [0.29, 0.717) is 13.3 Å². The Morgan fingerprint density at radius 3 is 2.85 bits per heavy atom. The maximum absolute atomic E-state index is 11.6. The van der Waals surface area contributed by atoms with Crippen LogP contribution in [0.5, 0.6) is 0 Å². The first-order valence-corrected chi connectivity index (χ1v) is 6.91. The SMILES string of the molecule is C[C@@H]1CNC[C@H](c2ccc(NCOCCNF)cc2)O1. The van der Waals surface area contributed by atoms with E-state index in [0.717, 1.165) is 24.3 Å². The van der Waals surface area contributed by atoms with E-state index in [1.54, 1.807) is 5.54 Å². The summed E-state index contributed by atoms with van der Waals surface area (Å²) in [6.07, 6.45) is 0.351. The van der Waals surface area contributed by atoms with Crippen LogP contribution in [0.3, 0.4) is 0 Å². The number of nitrogens with one attached hydrogen (secondary N) is 3. The van der Waals surface area contributed by atoms with E-state index in [1.165, 1.54) is 0 Å². The average molecular weight is 283 g/mol. The van der Waals surface area contributed by atoms with Gasteiger partial charge in [-0.3, -0.25) is 0 Å². The lowest BCUT2D eigenvalue weighted by molar-refractivity contribution is -0.0287. The molecule has 0 unspecified atom stereocenters. The van der Waals surface area contributed by atoms with Gasteiger partial charge >= 0.3 is 0 Å². The predicted molar refractivity (Wildman–Crippen MR) is 76.2 cm³/mol. The van der Waals surface area contributed by atoms with E-state index < -0.39 is 0 Å². The Morgan fingerprint density at radius 2 is 2.15 bits per heavy atom. The highest BCUT2D eigenvalue weighted by Gasteiger charge is 2.19. The minimum absolute atomic E-state index is 0.111. The highest BCUT2D eigenvalue weighted by Crippen LogP contribution is 2.22. The second kappa shape index (κ2) is 8.16. The van der Waals surface area contributed by atoms with E-state index in [4.69, 9.17) is 9.47 Å². The highest BCUT2D eigenvalue weighted by molar-refractivity contribution is 5.44. The maximum Gasteiger partial charge on any atom is 0.116 e. The van der Waals surface area contributed by atoms with Crippen LogP contribution in [0.4, 0.5) is 10.2 Å². The largest absolute Gasteiger partial charge is 0.368 e. The van der Waals surface area contributed by atoms with Gasteiger partial charge in [-0.2, -0.15) is 5.54 Å². The number of rotatable bonds is 7. The van der Waals surface area contributed by atoms with Crippen molar-refractivity contribution in [3.63, 3.8) is 0 Å². The quantitative estimate of drug-likeness (QED) is 0.403. The fourth-order valence-corrected chi connectivity index (χ4v) is 2.12. The molecule has 2 rings (SSSR count). The number of hydrogen-bond acceptors (Lipinski definition) is 5. The summed E-state index contributed by atoms with van der Waals surface area (Å²) < 4.78 is 22.7. The Labute approximate surface area is 118 Å². The molecule has 1 aromatic carbocycles. The zero-order valence-electron chi connectivity index (χ0n) is 11.7. The summed E-state index contributed by atoms with van der Waals surface area (Å²) in [6, 6.07) is 8.09. The summed E-state index contributed by atoms with van der Waals surface area (Å²) in [4.78, 5) is 0. The monoisotopic (exact) mass is 283 g/mol. The molecule has 0 saturated carbocycles.